The van der Waals surface area contributed by atoms with Crippen molar-refractivity contribution >= 4 is 13.2 Å². The van der Waals surface area contributed by atoms with E-state index in [2.05, 4.69) is 34.6 Å². The molecule has 89 valence electrons. The van der Waals surface area contributed by atoms with Gasteiger partial charge >= 0.3 is 0 Å². The van der Waals surface area contributed by atoms with Gasteiger partial charge in [0.15, 0.2) is 0 Å². The normalized spacial score (nSPS) is 26.4. The molecular weight excluding hydrogens is 197 g/mol. The van der Waals surface area contributed by atoms with Crippen LogP contribution in [0.5, 0.6) is 0 Å². The molecule has 0 aromatic rings. The Hall–Kier alpha value is -0.725. The van der Waals surface area contributed by atoms with Crippen molar-refractivity contribution in [3.63, 3.8) is 0 Å². The van der Waals surface area contributed by atoms with Crippen LogP contribution < -0.4 is 0 Å². The van der Waals surface area contributed by atoms with Gasteiger partial charge in [-0.2, -0.15) is 0 Å². The summed E-state index contributed by atoms with van der Waals surface area (Å²) in [6.07, 6.45) is 4.78. The third-order valence-electron chi connectivity index (χ3n) is 3.35. The zero-order valence-corrected chi connectivity index (χ0v) is 10.8. The van der Waals surface area contributed by atoms with E-state index < -0.39 is 0 Å². The molecule has 16 heavy (non-hydrogen) atoms. The van der Waals surface area contributed by atoms with E-state index in [1.54, 1.807) is 0 Å². The Labute approximate surface area is 100 Å². The van der Waals surface area contributed by atoms with Crippen LogP contribution in [-0.2, 0) is 4.79 Å². The highest BCUT2D eigenvalue weighted by Crippen LogP contribution is 2.39. The van der Waals surface area contributed by atoms with Gasteiger partial charge < -0.3 is 4.90 Å². The van der Waals surface area contributed by atoms with Gasteiger partial charge in [-0.15, -0.1) is 0 Å². The van der Waals surface area contributed by atoms with E-state index in [4.69, 9.17) is 0 Å². The summed E-state index contributed by atoms with van der Waals surface area (Å²) in [4.78, 5) is 13.5. The molecule has 0 saturated carbocycles. The number of hydrogen-bond donors (Lipinski definition) is 0. The quantitative estimate of drug-likeness (QED) is 0.529. The maximum Gasteiger partial charge on any atom is 0.245 e. The van der Waals surface area contributed by atoms with Crippen molar-refractivity contribution in [2.45, 2.75) is 51.2 Å². The van der Waals surface area contributed by atoms with Crippen molar-refractivity contribution < 1.29 is 4.79 Å². The van der Waals surface area contributed by atoms with Crippen LogP contribution in [0.15, 0.2) is 12.7 Å². The molecule has 1 rings (SSSR count). The molecule has 1 atom stereocenters. The van der Waals surface area contributed by atoms with Gasteiger partial charge in [0.05, 0.1) is 0 Å². The minimum Gasteiger partial charge on any atom is -0.339 e. The van der Waals surface area contributed by atoms with Crippen molar-refractivity contribution in [2.75, 3.05) is 13.1 Å². The van der Waals surface area contributed by atoms with Gasteiger partial charge in [0.1, 0.15) is 7.28 Å². The maximum atomic E-state index is 11.6. The number of hydrogen-bond acceptors (Lipinski definition) is 1. The molecule has 2 nitrogen and oxygen atoms in total. The van der Waals surface area contributed by atoms with Crippen molar-refractivity contribution in [1.82, 2.24) is 4.90 Å². The molecule has 3 heteroatoms. The van der Waals surface area contributed by atoms with E-state index in [-0.39, 0.29) is 5.91 Å². The molecule has 0 aliphatic carbocycles. The lowest BCUT2D eigenvalue weighted by molar-refractivity contribution is -0.125. The maximum absolute atomic E-state index is 11.6. The van der Waals surface area contributed by atoms with Crippen LogP contribution in [-0.4, -0.2) is 31.2 Å². The lowest BCUT2D eigenvalue weighted by Gasteiger charge is -2.29. The highest BCUT2D eigenvalue weighted by molar-refractivity contribution is 6.41. The zero-order valence-electron chi connectivity index (χ0n) is 10.8. The van der Waals surface area contributed by atoms with Gasteiger partial charge in [0.25, 0.3) is 0 Å². The van der Waals surface area contributed by atoms with E-state index in [0.29, 0.717) is 11.1 Å². The molecule has 0 N–H and O–H groups in total. The molecule has 1 saturated heterocycles. The Morgan fingerprint density at radius 2 is 2.12 bits per heavy atom. The Bertz CT molecular complexity index is 265. The summed E-state index contributed by atoms with van der Waals surface area (Å²) in [5.74, 6) is 0.695. The molecule has 0 bridgehead atoms. The Balaban J connectivity index is 2.57. The number of carbonyl (C=O) groups is 1. The fourth-order valence-corrected chi connectivity index (χ4v) is 2.62. The average Bonchev–Trinajstić information content (AvgIpc) is 2.38. The second kappa shape index (κ2) is 5.56. The number of nitrogens with zero attached hydrogens (tertiary/aromatic N) is 1. The van der Waals surface area contributed by atoms with Crippen LogP contribution in [0.4, 0.5) is 0 Å². The van der Waals surface area contributed by atoms with Crippen LogP contribution in [0.25, 0.3) is 0 Å². The van der Waals surface area contributed by atoms with E-state index in [0.717, 1.165) is 25.9 Å². The Morgan fingerprint density at radius 1 is 1.44 bits per heavy atom. The van der Waals surface area contributed by atoms with Crippen LogP contribution in [0, 0.1) is 0 Å². The number of rotatable bonds is 3. The predicted molar refractivity (Wildman–Crippen MR) is 69.8 cm³/mol. The van der Waals surface area contributed by atoms with Gasteiger partial charge in [0, 0.05) is 13.1 Å². The summed E-state index contributed by atoms with van der Waals surface area (Å²) in [7, 11) is 2.44. The monoisotopic (exact) mass is 220 g/mol. The Morgan fingerprint density at radius 3 is 2.69 bits per heavy atom. The van der Waals surface area contributed by atoms with Crippen LogP contribution >= 0.6 is 0 Å². The third kappa shape index (κ3) is 3.69. The van der Waals surface area contributed by atoms with E-state index in [9.17, 15) is 4.79 Å². The smallest absolute Gasteiger partial charge is 0.245 e. The molecule has 1 fully saturated rings. The van der Waals surface area contributed by atoms with Crippen molar-refractivity contribution in [1.29, 1.82) is 0 Å². The molecule has 1 amide bonds. The molecular formula is C13H23BNO. The first-order valence-corrected chi connectivity index (χ1v) is 6.24. The summed E-state index contributed by atoms with van der Waals surface area (Å²) in [6, 6.07) is 0. The Kier molecular flexibility index (Phi) is 4.63. The molecule has 1 heterocycles. The van der Waals surface area contributed by atoms with Crippen LogP contribution in [0.3, 0.4) is 0 Å². The molecule has 0 aromatic carbocycles. The van der Waals surface area contributed by atoms with Crippen molar-refractivity contribution in [2.24, 2.45) is 0 Å². The largest absolute Gasteiger partial charge is 0.339 e. The topological polar surface area (TPSA) is 20.3 Å². The molecule has 1 aliphatic heterocycles. The van der Waals surface area contributed by atoms with E-state index >= 15 is 0 Å². The molecule has 0 aromatic heterocycles. The number of amides is 1. The van der Waals surface area contributed by atoms with Gasteiger partial charge in [-0.25, -0.2) is 0 Å². The van der Waals surface area contributed by atoms with Crippen molar-refractivity contribution in [3.05, 3.63) is 12.7 Å². The summed E-state index contributed by atoms with van der Waals surface area (Å²) in [5, 5.41) is 0.296. The zero-order chi connectivity index (χ0) is 12.2. The van der Waals surface area contributed by atoms with Crippen LogP contribution in [0.2, 0.25) is 11.1 Å². The van der Waals surface area contributed by atoms with E-state index in [1.807, 2.05) is 4.90 Å². The first kappa shape index (κ1) is 13.3. The standard InChI is InChI=1S/C13H23BNO/c1-5-12(16)15-9-6-7-13(4,8-10-15)14-11(2)3/h5,11H,1,6-10H2,2-4H3. The van der Waals surface area contributed by atoms with Crippen LogP contribution in [0.1, 0.15) is 40.0 Å². The fourth-order valence-electron chi connectivity index (χ4n) is 2.62. The lowest BCUT2D eigenvalue weighted by Crippen LogP contribution is -2.31. The highest BCUT2D eigenvalue weighted by atomic mass is 16.2. The van der Waals surface area contributed by atoms with E-state index in [1.165, 1.54) is 12.5 Å². The highest BCUT2D eigenvalue weighted by Gasteiger charge is 2.30. The summed E-state index contributed by atoms with van der Waals surface area (Å²) < 4.78 is 0. The second-order valence-corrected chi connectivity index (χ2v) is 5.45. The summed E-state index contributed by atoms with van der Waals surface area (Å²) in [6.45, 7) is 12.1. The first-order valence-electron chi connectivity index (χ1n) is 6.24. The first-order chi connectivity index (χ1) is 7.47. The average molecular weight is 220 g/mol. The predicted octanol–water partition coefficient (Wildman–Crippen LogP) is 2.90. The van der Waals surface area contributed by atoms with Gasteiger partial charge in [-0.05, 0) is 18.9 Å². The molecule has 1 unspecified atom stereocenters. The van der Waals surface area contributed by atoms with Gasteiger partial charge in [-0.3, -0.25) is 4.79 Å². The van der Waals surface area contributed by atoms with Gasteiger partial charge in [0.2, 0.25) is 5.91 Å². The minimum absolute atomic E-state index is 0.0776. The van der Waals surface area contributed by atoms with Crippen molar-refractivity contribution in [3.8, 4) is 0 Å². The summed E-state index contributed by atoms with van der Waals surface area (Å²) in [5.41, 5.74) is 0. The fraction of sp³-hybridized carbons (Fsp3) is 0.769. The SMILES string of the molecule is C=CC(=O)N1CCCC(C)([B]C(C)C)CC1. The number of likely N-dealkylation sites (tertiary alicyclic amines) is 1. The minimum atomic E-state index is 0.0776. The lowest BCUT2D eigenvalue weighted by atomic mass is 9.45. The number of carbonyl (C=O) groups excluding carboxylic acids is 1. The third-order valence-corrected chi connectivity index (χ3v) is 3.35. The molecule has 1 aliphatic rings. The second-order valence-electron chi connectivity index (χ2n) is 5.45. The summed E-state index contributed by atoms with van der Waals surface area (Å²) >= 11 is 0. The van der Waals surface area contributed by atoms with Gasteiger partial charge in [-0.1, -0.05) is 44.9 Å². The molecule has 1 radical (unpaired) electrons. The molecule has 0 spiro atoms.